The van der Waals surface area contributed by atoms with Crippen molar-refractivity contribution in [2.45, 2.75) is 109 Å². The summed E-state index contributed by atoms with van der Waals surface area (Å²) in [7, 11) is 0. The molecule has 242 valence electrons. The molecule has 0 unspecified atom stereocenters. The Kier molecular flexibility index (Phi) is 8.46. The van der Waals surface area contributed by atoms with Crippen molar-refractivity contribution in [1.29, 1.82) is 0 Å². The van der Waals surface area contributed by atoms with Gasteiger partial charge in [-0.05, 0) is 44.7 Å². The van der Waals surface area contributed by atoms with Gasteiger partial charge in [0.15, 0.2) is 11.9 Å². The van der Waals surface area contributed by atoms with Crippen LogP contribution in [0, 0.1) is 10.8 Å². The van der Waals surface area contributed by atoms with Gasteiger partial charge in [0, 0.05) is 5.41 Å². The second-order valence-electron chi connectivity index (χ2n) is 13.7. The zero-order valence-electron chi connectivity index (χ0n) is 26.7. The van der Waals surface area contributed by atoms with Crippen molar-refractivity contribution in [2.24, 2.45) is 10.8 Å². The van der Waals surface area contributed by atoms with Gasteiger partial charge >= 0.3 is 11.9 Å². The molecular weight excluding hydrogens is 576 g/mol. The molecule has 2 aromatic carbocycles. The first-order valence-electron chi connectivity index (χ1n) is 15.8. The molecule has 2 aliphatic heterocycles. The minimum atomic E-state index is -1.44. The first kappa shape index (κ1) is 31.9. The Balaban J connectivity index is 1.38. The highest BCUT2D eigenvalue weighted by atomic mass is 16.8. The molecule has 9 nitrogen and oxygen atoms in total. The van der Waals surface area contributed by atoms with E-state index in [9.17, 15) is 9.59 Å². The van der Waals surface area contributed by atoms with Crippen molar-refractivity contribution in [2.75, 3.05) is 6.61 Å². The highest BCUT2D eigenvalue weighted by molar-refractivity contribution is 5.93. The van der Waals surface area contributed by atoms with Crippen molar-refractivity contribution >= 4 is 11.9 Å². The zero-order chi connectivity index (χ0) is 32.0. The third-order valence-corrected chi connectivity index (χ3v) is 10.4. The number of benzene rings is 2. The highest BCUT2D eigenvalue weighted by Crippen LogP contribution is 2.66. The second-order valence-corrected chi connectivity index (χ2v) is 13.7. The van der Waals surface area contributed by atoms with Gasteiger partial charge in [0.25, 0.3) is 0 Å². The van der Waals surface area contributed by atoms with Gasteiger partial charge in [-0.25, -0.2) is 4.79 Å². The molecule has 0 radical (unpaired) electrons. The monoisotopic (exact) mass is 620 g/mol. The summed E-state index contributed by atoms with van der Waals surface area (Å²) in [6, 6.07) is 19.5. The van der Waals surface area contributed by atoms with Crippen LogP contribution < -0.4 is 0 Å². The van der Waals surface area contributed by atoms with Crippen LogP contribution in [0.1, 0.15) is 58.6 Å². The van der Waals surface area contributed by atoms with E-state index in [2.05, 4.69) is 6.58 Å². The standard InChI is InChI=1S/C36H44O9/c1-7-20-39-25-26(40-21-23-14-10-8-11-15-23)29-30(44-34(4,5)43-29)27(41-22-24-16-12-9-13-17-24)28(25)42-32(38)36-19-18-35(6,31(37)45-36)33(36,2)3/h7-17,25-30H,1,18-22H2,2-6H3/t25-,26-,27-,28+,29+,30+,35+,36-/m1/s1. The summed E-state index contributed by atoms with van der Waals surface area (Å²) < 4.78 is 44.9. The molecule has 2 aromatic rings. The molecular formula is C36H44O9. The van der Waals surface area contributed by atoms with Gasteiger partial charge in [-0.1, -0.05) is 80.6 Å². The van der Waals surface area contributed by atoms with E-state index in [-0.39, 0.29) is 25.8 Å². The van der Waals surface area contributed by atoms with Crippen LogP contribution in [0.5, 0.6) is 0 Å². The lowest BCUT2D eigenvalue weighted by atomic mass is 9.66. The molecule has 0 spiro atoms. The summed E-state index contributed by atoms with van der Waals surface area (Å²) in [6.45, 7) is 13.9. The van der Waals surface area contributed by atoms with Crippen molar-refractivity contribution in [3.63, 3.8) is 0 Å². The summed E-state index contributed by atoms with van der Waals surface area (Å²) in [4.78, 5) is 27.4. The molecule has 0 amide bonds. The lowest BCUT2D eigenvalue weighted by Gasteiger charge is -2.47. The smallest absolute Gasteiger partial charge is 0.351 e. The number of rotatable bonds is 11. The number of carbonyl (C=O) groups excluding carboxylic acids is 2. The molecule has 6 rings (SSSR count). The Morgan fingerprint density at radius 3 is 1.80 bits per heavy atom. The third kappa shape index (κ3) is 5.42. The maximum Gasteiger partial charge on any atom is 0.351 e. The van der Waals surface area contributed by atoms with Gasteiger partial charge in [-0.15, -0.1) is 6.58 Å². The first-order chi connectivity index (χ1) is 21.4. The number of fused-ring (bicyclic) bond motifs is 3. The Morgan fingerprint density at radius 1 is 0.800 bits per heavy atom. The topological polar surface area (TPSA) is 98.8 Å². The Morgan fingerprint density at radius 2 is 1.33 bits per heavy atom. The van der Waals surface area contributed by atoms with Crippen LogP contribution in [-0.2, 0) is 56.0 Å². The van der Waals surface area contributed by atoms with Gasteiger partial charge < -0.3 is 33.2 Å². The van der Waals surface area contributed by atoms with E-state index in [1.807, 2.05) is 95.3 Å². The molecule has 0 aromatic heterocycles. The second kappa shape index (κ2) is 11.9. The van der Waals surface area contributed by atoms with E-state index >= 15 is 0 Å². The Bertz CT molecular complexity index is 1390. The summed E-state index contributed by atoms with van der Waals surface area (Å²) in [6.07, 6.45) is -2.02. The fraction of sp³-hybridized carbons (Fsp3) is 0.556. The maximum absolute atomic E-state index is 14.4. The van der Waals surface area contributed by atoms with Crippen LogP contribution in [0.3, 0.4) is 0 Å². The van der Waals surface area contributed by atoms with Crippen LogP contribution >= 0.6 is 0 Å². The van der Waals surface area contributed by atoms with Crippen molar-refractivity contribution in [1.82, 2.24) is 0 Å². The van der Waals surface area contributed by atoms with E-state index in [0.29, 0.717) is 12.8 Å². The molecule has 4 fully saturated rings. The average Bonchev–Trinajstić information content (AvgIpc) is 3.51. The molecule has 45 heavy (non-hydrogen) atoms. The van der Waals surface area contributed by atoms with Crippen LogP contribution in [0.15, 0.2) is 73.3 Å². The Labute approximate surface area is 265 Å². The molecule has 2 heterocycles. The van der Waals surface area contributed by atoms with Gasteiger partial charge in [-0.3, -0.25) is 4.79 Å². The number of carbonyl (C=O) groups is 2. The number of hydrogen-bond acceptors (Lipinski definition) is 9. The third-order valence-electron chi connectivity index (χ3n) is 10.4. The summed E-state index contributed by atoms with van der Waals surface area (Å²) in [5.41, 5.74) is -1.11. The molecule has 4 aliphatic rings. The van der Waals surface area contributed by atoms with E-state index in [1.54, 1.807) is 6.08 Å². The molecule has 2 bridgehead atoms. The molecule has 0 N–H and O–H groups in total. The summed E-state index contributed by atoms with van der Waals surface area (Å²) in [5, 5.41) is 0. The van der Waals surface area contributed by atoms with Crippen LogP contribution in [0.2, 0.25) is 0 Å². The van der Waals surface area contributed by atoms with E-state index in [1.165, 1.54) is 0 Å². The van der Waals surface area contributed by atoms with Gasteiger partial charge in [-0.2, -0.15) is 0 Å². The number of ether oxygens (including phenoxy) is 7. The normalized spacial score (nSPS) is 35.9. The molecule has 8 atom stereocenters. The van der Waals surface area contributed by atoms with Crippen LogP contribution in [0.4, 0.5) is 0 Å². The summed E-state index contributed by atoms with van der Waals surface area (Å²) in [5.74, 6) is -1.96. The maximum atomic E-state index is 14.4. The predicted octanol–water partition coefficient (Wildman–Crippen LogP) is 5.30. The van der Waals surface area contributed by atoms with E-state index in [0.717, 1.165) is 11.1 Å². The van der Waals surface area contributed by atoms with Gasteiger partial charge in [0.05, 0.1) is 25.2 Å². The lowest BCUT2D eigenvalue weighted by molar-refractivity contribution is -0.250. The van der Waals surface area contributed by atoms with E-state index in [4.69, 9.17) is 33.2 Å². The van der Waals surface area contributed by atoms with E-state index < -0.39 is 64.8 Å². The quantitative estimate of drug-likeness (QED) is 0.245. The van der Waals surface area contributed by atoms with Crippen LogP contribution in [0.25, 0.3) is 0 Å². The largest absolute Gasteiger partial charge is 0.454 e. The average molecular weight is 621 g/mol. The summed E-state index contributed by atoms with van der Waals surface area (Å²) >= 11 is 0. The predicted molar refractivity (Wildman–Crippen MR) is 164 cm³/mol. The van der Waals surface area contributed by atoms with Crippen molar-refractivity contribution in [3.05, 3.63) is 84.4 Å². The van der Waals surface area contributed by atoms with Gasteiger partial charge in [0.1, 0.15) is 30.5 Å². The van der Waals surface area contributed by atoms with Crippen LogP contribution in [-0.4, -0.2) is 66.6 Å². The molecule has 2 saturated heterocycles. The highest BCUT2D eigenvalue weighted by Gasteiger charge is 2.77. The molecule has 2 aliphatic carbocycles. The zero-order valence-corrected chi connectivity index (χ0v) is 26.7. The fourth-order valence-corrected chi connectivity index (χ4v) is 7.41. The minimum Gasteiger partial charge on any atom is -0.454 e. The first-order valence-corrected chi connectivity index (χ1v) is 15.8. The van der Waals surface area contributed by atoms with Crippen molar-refractivity contribution in [3.8, 4) is 0 Å². The van der Waals surface area contributed by atoms with Crippen molar-refractivity contribution < 1.29 is 42.7 Å². The number of esters is 2. The molecule has 9 heteroatoms. The minimum absolute atomic E-state index is 0.167. The molecule has 2 saturated carbocycles. The van der Waals surface area contributed by atoms with Gasteiger partial charge in [0.2, 0.25) is 5.60 Å². The SMILES string of the molecule is C=CCO[C@@H]1[C@@H](OCc2ccccc2)[C@@H]2OC(C)(C)O[C@H]2[C@H](OCc2ccccc2)[C@H]1OC(=O)[C@@]12CC[C@@](C)(C(=O)O1)C2(C)C. The fourth-order valence-electron chi connectivity index (χ4n) is 7.41. The lowest BCUT2D eigenvalue weighted by Crippen LogP contribution is -2.66. The Hall–Kier alpha value is -3.08. The number of hydrogen-bond donors (Lipinski definition) is 0.